The van der Waals surface area contributed by atoms with Gasteiger partial charge in [0.05, 0.1) is 18.1 Å². The second kappa shape index (κ2) is 10.6. The Bertz CT molecular complexity index is 478. The highest BCUT2D eigenvalue weighted by atomic mass is 32.2. The van der Waals surface area contributed by atoms with Crippen LogP contribution in [-0.2, 0) is 29.7 Å². The highest BCUT2D eigenvalue weighted by molar-refractivity contribution is 7.86. The van der Waals surface area contributed by atoms with Gasteiger partial charge in [-0.1, -0.05) is 19.8 Å². The van der Waals surface area contributed by atoms with E-state index in [1.807, 2.05) is 0 Å². The maximum Gasteiger partial charge on any atom is 0.265 e. The van der Waals surface area contributed by atoms with Gasteiger partial charge in [0.1, 0.15) is 0 Å². The van der Waals surface area contributed by atoms with E-state index in [1.165, 1.54) is 0 Å². The molecule has 10 heteroatoms. The van der Waals surface area contributed by atoms with E-state index < -0.39 is 37.2 Å². The fraction of sp³-hybridized carbons (Fsp3) is 1.00. The summed E-state index contributed by atoms with van der Waals surface area (Å²) >= 11 is 0. The van der Waals surface area contributed by atoms with Crippen LogP contribution in [0.4, 0.5) is 0 Å². The van der Waals surface area contributed by atoms with Gasteiger partial charge in [0.2, 0.25) is 0 Å². The highest BCUT2D eigenvalue weighted by Crippen LogP contribution is 2.27. The van der Waals surface area contributed by atoms with Crippen molar-refractivity contribution < 1.29 is 35.4 Å². The first-order valence-electron chi connectivity index (χ1n) is 7.50. The predicted molar refractivity (Wildman–Crippen MR) is 86.7 cm³/mol. The minimum Gasteiger partial charge on any atom is -0.385 e. The number of hydrogen-bond acceptors (Lipinski definition) is 6. The molecule has 0 unspecified atom stereocenters. The minimum absolute atomic E-state index is 0.125. The monoisotopic (exact) mass is 376 g/mol. The molecule has 0 saturated carbocycles. The highest BCUT2D eigenvalue weighted by Gasteiger charge is 2.38. The number of unbranched alkanes of at least 4 members (excludes halogenated alkanes) is 3. The van der Waals surface area contributed by atoms with E-state index in [2.05, 4.69) is 0 Å². The zero-order valence-electron chi connectivity index (χ0n) is 13.7. The molecule has 0 aliphatic carbocycles. The molecular formula is C13H28O8S2. The maximum absolute atomic E-state index is 11.1. The third kappa shape index (κ3) is 12.8. The van der Waals surface area contributed by atoms with Crippen LogP contribution in [0.5, 0.6) is 0 Å². The van der Waals surface area contributed by atoms with Crippen molar-refractivity contribution in [2.24, 2.45) is 5.41 Å². The molecule has 0 radical (unpaired) electrons. The van der Waals surface area contributed by atoms with Crippen LogP contribution in [0.1, 0.15) is 39.0 Å². The van der Waals surface area contributed by atoms with Gasteiger partial charge in [-0.05, 0) is 19.3 Å². The Balaban J connectivity index is 4.48. The maximum atomic E-state index is 11.1. The summed E-state index contributed by atoms with van der Waals surface area (Å²) < 4.78 is 73.0. The molecular weight excluding hydrogens is 348 g/mol. The van der Waals surface area contributed by atoms with Gasteiger partial charge in [0.25, 0.3) is 20.2 Å². The van der Waals surface area contributed by atoms with E-state index in [-0.39, 0.29) is 13.0 Å². The summed E-state index contributed by atoms with van der Waals surface area (Å²) in [7, 11) is -7.15. The second-order valence-electron chi connectivity index (χ2n) is 5.77. The number of rotatable bonds is 14. The van der Waals surface area contributed by atoms with Crippen molar-refractivity contribution in [2.75, 3.05) is 38.4 Å². The topological polar surface area (TPSA) is 127 Å². The first-order valence-corrected chi connectivity index (χ1v) is 10.7. The average Bonchev–Trinajstić information content (AvgIpc) is 2.38. The Labute approximate surface area is 139 Å². The van der Waals surface area contributed by atoms with E-state index in [1.54, 1.807) is 14.0 Å². The van der Waals surface area contributed by atoms with Gasteiger partial charge in [0, 0.05) is 25.7 Å². The van der Waals surface area contributed by atoms with Crippen molar-refractivity contribution in [2.45, 2.75) is 39.0 Å². The Morgan fingerprint density at radius 1 is 0.870 bits per heavy atom. The molecule has 0 aromatic rings. The van der Waals surface area contributed by atoms with Gasteiger partial charge in [-0.2, -0.15) is 16.8 Å². The minimum atomic E-state index is -4.39. The Kier molecular flexibility index (Phi) is 10.5. The largest absolute Gasteiger partial charge is 0.385 e. The number of methoxy groups -OCH3 is 1. The summed E-state index contributed by atoms with van der Waals surface area (Å²) in [5.41, 5.74) is -1.36. The summed E-state index contributed by atoms with van der Waals surface area (Å²) in [5, 5.41) is 0. The lowest BCUT2D eigenvalue weighted by molar-refractivity contribution is 0.0592. The average molecular weight is 376 g/mol. The summed E-state index contributed by atoms with van der Waals surface area (Å²) in [6, 6.07) is 0. The van der Waals surface area contributed by atoms with Crippen molar-refractivity contribution in [3.05, 3.63) is 0 Å². The van der Waals surface area contributed by atoms with Gasteiger partial charge in [-0.15, -0.1) is 0 Å². The molecule has 0 heterocycles. The lowest BCUT2D eigenvalue weighted by Crippen LogP contribution is -2.40. The number of hydrogen-bond donors (Lipinski definition) is 2. The Morgan fingerprint density at radius 3 is 1.74 bits per heavy atom. The molecule has 0 atom stereocenters. The van der Waals surface area contributed by atoms with Crippen molar-refractivity contribution in [3.63, 3.8) is 0 Å². The van der Waals surface area contributed by atoms with Crippen LogP contribution in [0.15, 0.2) is 0 Å². The van der Waals surface area contributed by atoms with E-state index in [0.717, 1.165) is 25.7 Å². The van der Waals surface area contributed by atoms with E-state index in [4.69, 9.17) is 18.6 Å². The lowest BCUT2D eigenvalue weighted by atomic mass is 9.91. The molecule has 140 valence electrons. The fourth-order valence-electron chi connectivity index (χ4n) is 2.30. The van der Waals surface area contributed by atoms with Crippen molar-refractivity contribution in [3.8, 4) is 0 Å². The van der Waals surface area contributed by atoms with Gasteiger partial charge in [0.15, 0.2) is 0 Å². The van der Waals surface area contributed by atoms with E-state index >= 15 is 0 Å². The zero-order valence-corrected chi connectivity index (χ0v) is 15.4. The molecule has 0 aromatic carbocycles. The molecule has 0 spiro atoms. The van der Waals surface area contributed by atoms with Gasteiger partial charge in [-0.3, -0.25) is 9.11 Å². The standard InChI is InChI=1S/C13H28O8S2/c1-3-13(11-22(14,15)16,12-23(17,18)19)10-21-9-7-5-4-6-8-20-2/h3-12H2,1-2H3,(H,14,15,16)(H,17,18,19). The summed E-state index contributed by atoms with van der Waals surface area (Å²) in [4.78, 5) is 0. The van der Waals surface area contributed by atoms with Crippen LogP contribution < -0.4 is 0 Å². The van der Waals surface area contributed by atoms with Crippen LogP contribution in [0, 0.1) is 5.41 Å². The molecule has 23 heavy (non-hydrogen) atoms. The Hall–Kier alpha value is -0.260. The molecule has 8 nitrogen and oxygen atoms in total. The molecule has 0 amide bonds. The predicted octanol–water partition coefficient (Wildman–Crippen LogP) is 1.38. The van der Waals surface area contributed by atoms with Crippen LogP contribution in [0.2, 0.25) is 0 Å². The zero-order chi connectivity index (χ0) is 18.0. The Morgan fingerprint density at radius 2 is 1.35 bits per heavy atom. The molecule has 0 aliphatic rings. The molecule has 0 saturated heterocycles. The molecule has 0 aliphatic heterocycles. The SMILES string of the molecule is CCC(COCCCCCCOC)(CS(=O)(=O)O)CS(=O)(=O)O. The molecule has 0 rings (SSSR count). The third-order valence-corrected chi connectivity index (χ3v) is 5.48. The second-order valence-corrected chi connectivity index (χ2v) is 8.67. The van der Waals surface area contributed by atoms with Crippen LogP contribution >= 0.6 is 0 Å². The summed E-state index contributed by atoms with van der Waals surface area (Å²) in [5.74, 6) is -1.55. The van der Waals surface area contributed by atoms with Gasteiger partial charge in [-0.25, -0.2) is 0 Å². The molecule has 0 bridgehead atoms. The van der Waals surface area contributed by atoms with E-state index in [0.29, 0.717) is 13.2 Å². The third-order valence-electron chi connectivity index (χ3n) is 3.52. The lowest BCUT2D eigenvalue weighted by Gasteiger charge is -2.29. The van der Waals surface area contributed by atoms with Crippen LogP contribution in [0.3, 0.4) is 0 Å². The summed E-state index contributed by atoms with van der Waals surface area (Å²) in [6.45, 7) is 2.47. The smallest absolute Gasteiger partial charge is 0.265 e. The molecule has 0 aromatic heterocycles. The van der Waals surface area contributed by atoms with Gasteiger partial charge >= 0.3 is 0 Å². The van der Waals surface area contributed by atoms with E-state index in [9.17, 15) is 16.8 Å². The normalized spacial score (nSPS) is 13.4. The fourth-order valence-corrected chi connectivity index (χ4v) is 4.75. The molecule has 0 fully saturated rings. The summed E-state index contributed by atoms with van der Waals surface area (Å²) in [6.07, 6.45) is 3.72. The quantitative estimate of drug-likeness (QED) is 0.344. The van der Waals surface area contributed by atoms with Gasteiger partial charge < -0.3 is 9.47 Å². The molecule has 2 N–H and O–H groups in total. The first kappa shape index (κ1) is 22.7. The van der Waals surface area contributed by atoms with Crippen LogP contribution in [0.25, 0.3) is 0 Å². The van der Waals surface area contributed by atoms with Crippen molar-refractivity contribution in [1.29, 1.82) is 0 Å². The van der Waals surface area contributed by atoms with Crippen LogP contribution in [-0.4, -0.2) is 64.4 Å². The number of ether oxygens (including phenoxy) is 2. The first-order chi connectivity index (χ1) is 10.5. The van der Waals surface area contributed by atoms with Crippen molar-refractivity contribution >= 4 is 20.2 Å². The van der Waals surface area contributed by atoms with Crippen molar-refractivity contribution in [1.82, 2.24) is 0 Å².